The Hall–Kier alpha value is -2.43. The summed E-state index contributed by atoms with van der Waals surface area (Å²) >= 11 is 0. The maximum absolute atomic E-state index is 13.7. The van der Waals surface area contributed by atoms with Crippen LogP contribution in [0.4, 0.5) is 4.39 Å². The van der Waals surface area contributed by atoms with Crippen molar-refractivity contribution in [2.45, 2.75) is 19.4 Å². The van der Waals surface area contributed by atoms with Gasteiger partial charge in [0.25, 0.3) is 0 Å². The monoisotopic (exact) mass is 302 g/mol. The molecule has 1 atom stereocenters. The van der Waals surface area contributed by atoms with Crippen LogP contribution in [-0.4, -0.2) is 29.9 Å². The molecule has 0 N–H and O–H groups in total. The fraction of sp³-hybridized carbons (Fsp3) is 0.294. The van der Waals surface area contributed by atoms with Gasteiger partial charge in [-0.15, -0.1) is 0 Å². The topological polar surface area (TPSA) is 42.4 Å². The van der Waals surface area contributed by atoms with Crippen molar-refractivity contribution in [3.8, 4) is 5.75 Å². The van der Waals surface area contributed by atoms with E-state index in [9.17, 15) is 9.18 Å². The third kappa shape index (κ3) is 3.61. The van der Waals surface area contributed by atoms with Crippen LogP contribution >= 0.6 is 0 Å². The van der Waals surface area contributed by atoms with E-state index in [0.717, 1.165) is 5.69 Å². The smallest absolute Gasteiger partial charge is 0.227 e. The second-order valence-corrected chi connectivity index (χ2v) is 5.08. The minimum Gasteiger partial charge on any atom is -0.494 e. The van der Waals surface area contributed by atoms with Gasteiger partial charge in [0.05, 0.1) is 25.3 Å². The number of carbonyl (C=O) groups excluding carboxylic acids is 1. The zero-order valence-corrected chi connectivity index (χ0v) is 12.9. The Morgan fingerprint density at radius 1 is 1.36 bits per heavy atom. The van der Waals surface area contributed by atoms with E-state index in [0.29, 0.717) is 5.56 Å². The molecule has 0 unspecified atom stereocenters. The van der Waals surface area contributed by atoms with Crippen molar-refractivity contribution in [3.63, 3.8) is 0 Å². The molecule has 116 valence electrons. The molecule has 0 bridgehead atoms. The molecule has 1 aromatic heterocycles. The number of aromatic nitrogens is 1. The Labute approximate surface area is 129 Å². The third-order valence-corrected chi connectivity index (χ3v) is 3.66. The summed E-state index contributed by atoms with van der Waals surface area (Å²) in [4.78, 5) is 18.2. The molecule has 4 nitrogen and oxygen atoms in total. The normalized spacial score (nSPS) is 11.8. The van der Waals surface area contributed by atoms with E-state index >= 15 is 0 Å². The molecule has 0 spiro atoms. The van der Waals surface area contributed by atoms with Gasteiger partial charge in [-0.1, -0.05) is 12.1 Å². The van der Waals surface area contributed by atoms with Gasteiger partial charge in [-0.2, -0.15) is 0 Å². The van der Waals surface area contributed by atoms with Gasteiger partial charge in [0.2, 0.25) is 5.91 Å². The lowest BCUT2D eigenvalue weighted by molar-refractivity contribution is -0.131. The molecule has 2 rings (SSSR count). The lowest BCUT2D eigenvalue weighted by Crippen LogP contribution is -2.31. The second-order valence-electron chi connectivity index (χ2n) is 5.08. The first-order chi connectivity index (χ1) is 10.5. The molecule has 5 heteroatoms. The number of hydrogen-bond donors (Lipinski definition) is 0. The third-order valence-electron chi connectivity index (χ3n) is 3.66. The average molecular weight is 302 g/mol. The van der Waals surface area contributed by atoms with E-state index < -0.39 is 5.82 Å². The van der Waals surface area contributed by atoms with Crippen LogP contribution in [0.15, 0.2) is 42.6 Å². The summed E-state index contributed by atoms with van der Waals surface area (Å²) in [5.74, 6) is -0.387. The second kappa shape index (κ2) is 7.02. The molecule has 0 radical (unpaired) electrons. The molecule has 0 aliphatic rings. The number of nitrogens with zero attached hydrogens (tertiary/aromatic N) is 2. The predicted molar refractivity (Wildman–Crippen MR) is 82.1 cm³/mol. The molecule has 2 aromatic rings. The molecule has 1 heterocycles. The maximum atomic E-state index is 13.7. The van der Waals surface area contributed by atoms with Gasteiger partial charge in [-0.05, 0) is 36.8 Å². The lowest BCUT2D eigenvalue weighted by Gasteiger charge is -2.24. The summed E-state index contributed by atoms with van der Waals surface area (Å²) in [6.45, 7) is 1.91. The number of carbonyl (C=O) groups is 1. The Morgan fingerprint density at radius 3 is 2.73 bits per heavy atom. The van der Waals surface area contributed by atoms with Crippen LogP contribution in [0.25, 0.3) is 0 Å². The van der Waals surface area contributed by atoms with Gasteiger partial charge in [-0.3, -0.25) is 9.78 Å². The molecule has 0 fully saturated rings. The molecular weight excluding hydrogens is 283 g/mol. The van der Waals surface area contributed by atoms with Crippen LogP contribution in [0.2, 0.25) is 0 Å². The van der Waals surface area contributed by atoms with Crippen molar-refractivity contribution in [1.29, 1.82) is 0 Å². The summed E-state index contributed by atoms with van der Waals surface area (Å²) in [5, 5.41) is 0. The number of ether oxygens (including phenoxy) is 1. The Balaban J connectivity index is 2.07. The van der Waals surface area contributed by atoms with Crippen molar-refractivity contribution in [1.82, 2.24) is 9.88 Å². The Morgan fingerprint density at radius 2 is 2.14 bits per heavy atom. The summed E-state index contributed by atoms with van der Waals surface area (Å²) in [6, 6.07) is 10.0. The van der Waals surface area contributed by atoms with Crippen LogP contribution in [0.1, 0.15) is 24.2 Å². The van der Waals surface area contributed by atoms with Crippen LogP contribution in [0, 0.1) is 5.82 Å². The largest absolute Gasteiger partial charge is 0.494 e. The molecular formula is C17H19FN2O2. The summed E-state index contributed by atoms with van der Waals surface area (Å²) in [7, 11) is 3.13. The highest BCUT2D eigenvalue weighted by Gasteiger charge is 2.18. The predicted octanol–water partition coefficient (Wildman–Crippen LogP) is 2.99. The standard InChI is InChI=1S/C17H19FN2O2/c1-12(15-6-4-5-9-19-15)20(2)17(21)11-13-7-8-16(22-3)14(18)10-13/h4-10,12H,11H2,1-3H3/t12-/m0/s1. The number of amides is 1. The minimum atomic E-state index is -0.465. The fourth-order valence-electron chi connectivity index (χ4n) is 2.16. The van der Waals surface area contributed by atoms with Crippen molar-refractivity contribution in [3.05, 3.63) is 59.7 Å². The van der Waals surface area contributed by atoms with Crippen LogP contribution in [0.5, 0.6) is 5.75 Å². The summed E-state index contributed by atoms with van der Waals surface area (Å²) in [6.07, 6.45) is 1.83. The van der Waals surface area contributed by atoms with Gasteiger partial charge in [-0.25, -0.2) is 4.39 Å². The van der Waals surface area contributed by atoms with E-state index in [2.05, 4.69) is 4.98 Å². The molecule has 22 heavy (non-hydrogen) atoms. The summed E-state index contributed by atoms with van der Waals surface area (Å²) < 4.78 is 18.5. The highest BCUT2D eigenvalue weighted by Crippen LogP contribution is 2.20. The van der Waals surface area contributed by atoms with Crippen molar-refractivity contribution < 1.29 is 13.9 Å². The first-order valence-electron chi connectivity index (χ1n) is 7.02. The average Bonchev–Trinajstić information content (AvgIpc) is 2.54. The van der Waals surface area contributed by atoms with Gasteiger partial charge < -0.3 is 9.64 Å². The van der Waals surface area contributed by atoms with E-state index in [1.54, 1.807) is 24.2 Å². The van der Waals surface area contributed by atoms with Crippen molar-refractivity contribution in [2.24, 2.45) is 0 Å². The highest BCUT2D eigenvalue weighted by atomic mass is 19.1. The number of hydrogen-bond acceptors (Lipinski definition) is 3. The van der Waals surface area contributed by atoms with Gasteiger partial charge in [0.15, 0.2) is 11.6 Å². The quantitative estimate of drug-likeness (QED) is 0.852. The van der Waals surface area contributed by atoms with Crippen LogP contribution in [0.3, 0.4) is 0 Å². The number of pyridine rings is 1. The number of methoxy groups -OCH3 is 1. The first kappa shape index (κ1) is 15.9. The van der Waals surface area contributed by atoms with Crippen LogP contribution < -0.4 is 4.74 Å². The zero-order valence-electron chi connectivity index (χ0n) is 12.9. The van der Waals surface area contributed by atoms with Crippen molar-refractivity contribution in [2.75, 3.05) is 14.2 Å². The van der Waals surface area contributed by atoms with E-state index in [-0.39, 0.29) is 24.1 Å². The van der Waals surface area contributed by atoms with E-state index in [1.807, 2.05) is 25.1 Å². The molecule has 1 aromatic carbocycles. The number of halogens is 1. The zero-order chi connectivity index (χ0) is 16.1. The van der Waals surface area contributed by atoms with Crippen LogP contribution in [-0.2, 0) is 11.2 Å². The SMILES string of the molecule is COc1ccc(CC(=O)N(C)[C@@H](C)c2ccccn2)cc1F. The van der Waals surface area contributed by atoms with Gasteiger partial charge >= 0.3 is 0 Å². The molecule has 1 amide bonds. The fourth-order valence-corrected chi connectivity index (χ4v) is 2.16. The minimum absolute atomic E-state index is 0.0947. The first-order valence-corrected chi connectivity index (χ1v) is 7.02. The molecule has 0 saturated heterocycles. The Bertz CT molecular complexity index is 646. The van der Waals surface area contributed by atoms with Gasteiger partial charge in [0.1, 0.15) is 0 Å². The number of rotatable bonds is 5. The maximum Gasteiger partial charge on any atom is 0.227 e. The van der Waals surface area contributed by atoms with Crippen molar-refractivity contribution >= 4 is 5.91 Å². The van der Waals surface area contributed by atoms with E-state index in [1.165, 1.54) is 19.2 Å². The summed E-state index contributed by atoms with van der Waals surface area (Å²) in [5.41, 5.74) is 1.43. The number of benzene rings is 1. The Kier molecular flexibility index (Phi) is 5.09. The molecule has 0 aliphatic carbocycles. The van der Waals surface area contributed by atoms with Gasteiger partial charge in [0, 0.05) is 13.2 Å². The molecule has 0 saturated carbocycles. The highest BCUT2D eigenvalue weighted by molar-refractivity contribution is 5.79. The lowest BCUT2D eigenvalue weighted by atomic mass is 10.1. The number of likely N-dealkylation sites (N-methyl/N-ethyl adjacent to an activating group) is 1. The van der Waals surface area contributed by atoms with E-state index in [4.69, 9.17) is 4.74 Å². The molecule has 0 aliphatic heterocycles.